The van der Waals surface area contributed by atoms with Gasteiger partial charge < -0.3 is 20.4 Å². The largest absolute Gasteiger partial charge is 0.478 e. The van der Waals surface area contributed by atoms with Gasteiger partial charge in [0.2, 0.25) is 5.91 Å². The number of hydrogen-bond donors (Lipinski definition) is 3. The maximum absolute atomic E-state index is 11.8. The molecule has 1 fully saturated rings. The van der Waals surface area contributed by atoms with Gasteiger partial charge in [0.25, 0.3) is 0 Å². The van der Waals surface area contributed by atoms with Crippen LogP contribution in [0, 0.1) is 5.92 Å². The molecule has 1 aromatic carbocycles. The second kappa shape index (κ2) is 11.9. The Balaban J connectivity index is 0.000000387. The first kappa shape index (κ1) is 22.4. The minimum atomic E-state index is -1.26. The maximum atomic E-state index is 11.8. The maximum Gasteiger partial charge on any atom is 0.328 e. The number of aliphatic carboxylic acids is 2. The predicted molar refractivity (Wildman–Crippen MR) is 102 cm³/mol. The van der Waals surface area contributed by atoms with Gasteiger partial charge in [0, 0.05) is 25.1 Å². The van der Waals surface area contributed by atoms with Crippen LogP contribution in [0.2, 0.25) is 0 Å². The molecule has 0 aliphatic carbocycles. The number of benzene rings is 1. The van der Waals surface area contributed by atoms with Crippen LogP contribution in [-0.4, -0.2) is 53.1 Å². The number of hydrogen-bond acceptors (Lipinski definition) is 4. The van der Waals surface area contributed by atoms with E-state index in [1.54, 1.807) is 0 Å². The van der Waals surface area contributed by atoms with Crippen molar-refractivity contribution in [3.05, 3.63) is 48.0 Å². The van der Waals surface area contributed by atoms with E-state index in [4.69, 9.17) is 10.2 Å². The first-order valence-corrected chi connectivity index (χ1v) is 9.00. The van der Waals surface area contributed by atoms with Gasteiger partial charge in [0.15, 0.2) is 0 Å². The van der Waals surface area contributed by atoms with Crippen molar-refractivity contribution >= 4 is 17.8 Å². The Morgan fingerprint density at radius 3 is 2.26 bits per heavy atom. The summed E-state index contributed by atoms with van der Waals surface area (Å²) in [7, 11) is 2.16. The Bertz CT molecular complexity index is 629. The molecule has 1 saturated heterocycles. The van der Waals surface area contributed by atoms with Crippen molar-refractivity contribution in [2.45, 2.75) is 32.2 Å². The van der Waals surface area contributed by atoms with Crippen molar-refractivity contribution in [3.8, 4) is 0 Å². The Kier molecular flexibility index (Phi) is 9.82. The zero-order valence-electron chi connectivity index (χ0n) is 15.8. The van der Waals surface area contributed by atoms with E-state index in [1.807, 2.05) is 25.1 Å². The first-order valence-electron chi connectivity index (χ1n) is 9.00. The molecule has 3 N–H and O–H groups in total. The lowest BCUT2D eigenvalue weighted by molar-refractivity contribution is -0.134. The molecule has 0 spiro atoms. The number of amides is 1. The molecule has 7 nitrogen and oxygen atoms in total. The molecule has 1 aromatic rings. The van der Waals surface area contributed by atoms with E-state index in [1.165, 1.54) is 24.9 Å². The van der Waals surface area contributed by atoms with Gasteiger partial charge in [-0.1, -0.05) is 37.3 Å². The smallest absolute Gasteiger partial charge is 0.328 e. The van der Waals surface area contributed by atoms with Gasteiger partial charge in [0.1, 0.15) is 0 Å². The third kappa shape index (κ3) is 9.01. The molecule has 0 bridgehead atoms. The summed E-state index contributed by atoms with van der Waals surface area (Å²) in [6.45, 7) is 4.13. The van der Waals surface area contributed by atoms with Crippen LogP contribution in [0.3, 0.4) is 0 Å². The highest BCUT2D eigenvalue weighted by Crippen LogP contribution is 2.29. The van der Waals surface area contributed by atoms with Crippen LogP contribution in [0.4, 0.5) is 0 Å². The number of nitrogens with zero attached hydrogens (tertiary/aromatic N) is 1. The number of carbonyl (C=O) groups is 3. The van der Waals surface area contributed by atoms with Crippen LogP contribution in [0.1, 0.15) is 37.8 Å². The SMILES string of the molecule is CCC(=O)NC(c1ccccc1)C1CCCN(C)C1.O=C(O)/C=C\C(=O)O. The summed E-state index contributed by atoms with van der Waals surface area (Å²) < 4.78 is 0. The Hall–Kier alpha value is -2.67. The van der Waals surface area contributed by atoms with Gasteiger partial charge in [-0.2, -0.15) is 0 Å². The molecule has 148 valence electrons. The number of likely N-dealkylation sites (tertiary alicyclic amines) is 1. The van der Waals surface area contributed by atoms with E-state index in [-0.39, 0.29) is 11.9 Å². The molecule has 1 amide bonds. The minimum Gasteiger partial charge on any atom is -0.478 e. The molecule has 2 unspecified atom stereocenters. The fourth-order valence-electron chi connectivity index (χ4n) is 3.03. The molecule has 1 aliphatic rings. The van der Waals surface area contributed by atoms with E-state index < -0.39 is 11.9 Å². The lowest BCUT2D eigenvalue weighted by Crippen LogP contribution is -2.41. The molecular formula is C20H28N2O5. The van der Waals surface area contributed by atoms with Crippen molar-refractivity contribution in [1.29, 1.82) is 0 Å². The van der Waals surface area contributed by atoms with Crippen molar-refractivity contribution in [2.24, 2.45) is 5.92 Å². The molecule has 7 heteroatoms. The number of rotatable bonds is 6. The molecule has 1 heterocycles. The Morgan fingerprint density at radius 1 is 1.19 bits per heavy atom. The van der Waals surface area contributed by atoms with Crippen LogP contribution in [0.5, 0.6) is 0 Å². The fraction of sp³-hybridized carbons (Fsp3) is 0.450. The van der Waals surface area contributed by atoms with Crippen molar-refractivity contribution < 1.29 is 24.6 Å². The highest BCUT2D eigenvalue weighted by Gasteiger charge is 2.27. The van der Waals surface area contributed by atoms with E-state index in [0.29, 0.717) is 24.5 Å². The Morgan fingerprint density at radius 2 is 1.78 bits per heavy atom. The summed E-state index contributed by atoms with van der Waals surface area (Å²) in [5.74, 6) is -1.86. The highest BCUT2D eigenvalue weighted by molar-refractivity contribution is 5.89. The topological polar surface area (TPSA) is 107 Å². The normalized spacial score (nSPS) is 18.2. The number of piperidine rings is 1. The van der Waals surface area contributed by atoms with Crippen LogP contribution >= 0.6 is 0 Å². The molecule has 2 atom stereocenters. The number of carbonyl (C=O) groups excluding carboxylic acids is 1. The first-order chi connectivity index (χ1) is 12.8. The zero-order chi connectivity index (χ0) is 20.2. The summed E-state index contributed by atoms with van der Waals surface area (Å²) >= 11 is 0. The highest BCUT2D eigenvalue weighted by atomic mass is 16.4. The summed E-state index contributed by atoms with van der Waals surface area (Å²) in [4.78, 5) is 33.3. The summed E-state index contributed by atoms with van der Waals surface area (Å²) in [6.07, 6.45) is 4.07. The predicted octanol–water partition coefficient (Wildman–Crippen LogP) is 2.31. The second-order valence-corrected chi connectivity index (χ2v) is 6.48. The number of nitrogens with one attached hydrogen (secondary N) is 1. The third-order valence-corrected chi connectivity index (χ3v) is 4.30. The molecule has 0 saturated carbocycles. The quantitative estimate of drug-likeness (QED) is 0.658. The van der Waals surface area contributed by atoms with E-state index in [2.05, 4.69) is 29.4 Å². The molecule has 0 radical (unpaired) electrons. The molecule has 0 aromatic heterocycles. The van der Waals surface area contributed by atoms with Crippen LogP contribution in [0.15, 0.2) is 42.5 Å². The van der Waals surface area contributed by atoms with Crippen molar-refractivity contribution in [1.82, 2.24) is 10.2 Å². The Labute approximate surface area is 159 Å². The van der Waals surface area contributed by atoms with Crippen LogP contribution < -0.4 is 5.32 Å². The van der Waals surface area contributed by atoms with Gasteiger partial charge in [-0.25, -0.2) is 9.59 Å². The molecule has 27 heavy (non-hydrogen) atoms. The molecular weight excluding hydrogens is 348 g/mol. The standard InChI is InChI=1S/C16H24N2O.C4H4O4/c1-3-15(19)17-16(13-8-5-4-6-9-13)14-10-7-11-18(2)12-14;5-3(6)1-2-4(7)8/h4-6,8-9,14,16H,3,7,10-12H2,1-2H3,(H,17,19);1-2H,(H,5,6)(H,7,8)/b;2-1-. The summed E-state index contributed by atoms with van der Waals surface area (Å²) in [5, 5.41) is 18.8. The van der Waals surface area contributed by atoms with Crippen LogP contribution in [-0.2, 0) is 14.4 Å². The third-order valence-electron chi connectivity index (χ3n) is 4.30. The van der Waals surface area contributed by atoms with E-state index in [0.717, 1.165) is 6.54 Å². The lowest BCUT2D eigenvalue weighted by atomic mass is 9.86. The van der Waals surface area contributed by atoms with Gasteiger partial charge in [0.05, 0.1) is 6.04 Å². The average Bonchev–Trinajstić information content (AvgIpc) is 2.65. The number of carboxylic acids is 2. The van der Waals surface area contributed by atoms with Gasteiger partial charge in [-0.15, -0.1) is 0 Å². The van der Waals surface area contributed by atoms with Gasteiger partial charge in [-0.05, 0) is 37.9 Å². The van der Waals surface area contributed by atoms with Crippen LogP contribution in [0.25, 0.3) is 0 Å². The number of carboxylic acid groups (broad SMARTS) is 2. The second-order valence-electron chi connectivity index (χ2n) is 6.48. The molecule has 2 rings (SSSR count). The minimum absolute atomic E-state index is 0.141. The zero-order valence-corrected chi connectivity index (χ0v) is 15.8. The van der Waals surface area contributed by atoms with Gasteiger partial charge >= 0.3 is 11.9 Å². The van der Waals surface area contributed by atoms with E-state index in [9.17, 15) is 14.4 Å². The lowest BCUT2D eigenvalue weighted by Gasteiger charge is -2.35. The van der Waals surface area contributed by atoms with E-state index >= 15 is 0 Å². The average molecular weight is 376 g/mol. The van der Waals surface area contributed by atoms with Crippen molar-refractivity contribution in [2.75, 3.05) is 20.1 Å². The van der Waals surface area contributed by atoms with Gasteiger partial charge in [-0.3, -0.25) is 4.79 Å². The summed E-state index contributed by atoms with van der Waals surface area (Å²) in [6, 6.07) is 10.5. The molecule has 1 aliphatic heterocycles. The fourth-order valence-corrected chi connectivity index (χ4v) is 3.03. The summed E-state index contributed by atoms with van der Waals surface area (Å²) in [5.41, 5.74) is 1.23. The van der Waals surface area contributed by atoms with Crippen molar-refractivity contribution in [3.63, 3.8) is 0 Å². The monoisotopic (exact) mass is 376 g/mol.